The minimum absolute atomic E-state index is 0.112. The summed E-state index contributed by atoms with van der Waals surface area (Å²) in [7, 11) is -3.53. The Hall–Kier alpha value is -2.98. The van der Waals surface area contributed by atoms with Gasteiger partial charge in [0.1, 0.15) is 5.75 Å². The van der Waals surface area contributed by atoms with Crippen molar-refractivity contribution in [3.05, 3.63) is 58.1 Å². The summed E-state index contributed by atoms with van der Waals surface area (Å²) in [5.41, 5.74) is 1.37. The lowest BCUT2D eigenvalue weighted by molar-refractivity contribution is -0.384. The van der Waals surface area contributed by atoms with Crippen LogP contribution in [-0.2, 0) is 21.2 Å². The van der Waals surface area contributed by atoms with Crippen molar-refractivity contribution in [2.75, 3.05) is 31.1 Å². The van der Waals surface area contributed by atoms with Crippen molar-refractivity contribution in [2.45, 2.75) is 30.6 Å². The second kappa shape index (κ2) is 8.64. The molecule has 1 fully saturated rings. The van der Waals surface area contributed by atoms with E-state index in [1.165, 1.54) is 22.5 Å². The number of nitrogens with zero attached hydrogens (tertiary/aromatic N) is 3. The fourth-order valence-corrected chi connectivity index (χ4v) is 5.53. The van der Waals surface area contributed by atoms with Gasteiger partial charge in [0, 0.05) is 31.4 Å². The highest BCUT2D eigenvalue weighted by Gasteiger charge is 2.30. The standard InChI is InChI=1S/C21H23N3O6S/c25-21(15-30-18-6-4-5-17(14-18)24(26)27)23-12-9-16-13-19(7-8-20(16)23)31(28,29)22-10-2-1-3-11-22/h4-8,13-14H,1-3,9-12,15H2. The van der Waals surface area contributed by atoms with Crippen molar-refractivity contribution < 1.29 is 22.9 Å². The molecule has 2 heterocycles. The van der Waals surface area contributed by atoms with E-state index in [9.17, 15) is 23.3 Å². The largest absolute Gasteiger partial charge is 0.483 e. The Morgan fingerprint density at radius 2 is 1.84 bits per heavy atom. The quantitative estimate of drug-likeness (QED) is 0.499. The zero-order valence-corrected chi connectivity index (χ0v) is 17.7. The van der Waals surface area contributed by atoms with Crippen LogP contribution in [0.3, 0.4) is 0 Å². The summed E-state index contributed by atoms with van der Waals surface area (Å²) in [6, 6.07) is 10.5. The van der Waals surface area contributed by atoms with Gasteiger partial charge in [0.05, 0.1) is 15.9 Å². The van der Waals surface area contributed by atoms with Gasteiger partial charge in [-0.2, -0.15) is 4.31 Å². The van der Waals surface area contributed by atoms with Gasteiger partial charge in [0.25, 0.3) is 11.6 Å². The molecule has 0 unspecified atom stereocenters. The summed E-state index contributed by atoms with van der Waals surface area (Å²) in [5, 5.41) is 10.9. The number of carbonyl (C=O) groups is 1. The molecule has 2 aromatic carbocycles. The molecule has 0 N–H and O–H groups in total. The van der Waals surface area contributed by atoms with Gasteiger partial charge in [0.15, 0.2) is 6.61 Å². The number of anilines is 1. The number of sulfonamides is 1. The van der Waals surface area contributed by atoms with Crippen LogP contribution in [0.5, 0.6) is 5.75 Å². The first-order valence-electron chi connectivity index (χ1n) is 10.2. The van der Waals surface area contributed by atoms with E-state index in [2.05, 4.69) is 0 Å². The molecule has 31 heavy (non-hydrogen) atoms. The zero-order valence-electron chi connectivity index (χ0n) is 16.9. The Kier molecular flexibility index (Phi) is 5.92. The molecule has 2 aliphatic heterocycles. The van der Waals surface area contributed by atoms with Crippen LogP contribution in [0.1, 0.15) is 24.8 Å². The zero-order chi connectivity index (χ0) is 22.0. The van der Waals surface area contributed by atoms with E-state index in [0.717, 1.165) is 24.8 Å². The highest BCUT2D eigenvalue weighted by atomic mass is 32.2. The van der Waals surface area contributed by atoms with Gasteiger partial charge in [-0.15, -0.1) is 0 Å². The van der Waals surface area contributed by atoms with Crippen LogP contribution in [0.25, 0.3) is 0 Å². The van der Waals surface area contributed by atoms with Gasteiger partial charge in [-0.25, -0.2) is 8.42 Å². The second-order valence-electron chi connectivity index (χ2n) is 7.59. The van der Waals surface area contributed by atoms with Crippen molar-refractivity contribution in [1.82, 2.24) is 4.31 Å². The Morgan fingerprint density at radius 3 is 2.58 bits per heavy atom. The van der Waals surface area contributed by atoms with Crippen LogP contribution in [0.2, 0.25) is 0 Å². The molecule has 2 aliphatic rings. The maximum atomic E-state index is 12.9. The first kappa shape index (κ1) is 21.3. The number of piperidine rings is 1. The Morgan fingerprint density at radius 1 is 1.06 bits per heavy atom. The topological polar surface area (TPSA) is 110 Å². The number of hydrogen-bond acceptors (Lipinski definition) is 6. The van der Waals surface area contributed by atoms with E-state index in [0.29, 0.717) is 31.7 Å². The summed E-state index contributed by atoms with van der Waals surface area (Å²) in [6.07, 6.45) is 3.35. The smallest absolute Gasteiger partial charge is 0.273 e. The fraction of sp³-hybridized carbons (Fsp3) is 0.381. The monoisotopic (exact) mass is 445 g/mol. The predicted molar refractivity (Wildman–Crippen MR) is 114 cm³/mol. The van der Waals surface area contributed by atoms with E-state index in [1.54, 1.807) is 29.2 Å². The van der Waals surface area contributed by atoms with Crippen LogP contribution in [0.4, 0.5) is 11.4 Å². The third-order valence-electron chi connectivity index (χ3n) is 5.59. The lowest BCUT2D eigenvalue weighted by Gasteiger charge is -2.26. The van der Waals surface area contributed by atoms with Crippen molar-refractivity contribution in [1.29, 1.82) is 0 Å². The SMILES string of the molecule is O=C(COc1cccc([N+](=O)[O-])c1)N1CCc2cc(S(=O)(=O)N3CCCCC3)ccc21. The number of carbonyl (C=O) groups excluding carboxylic acids is 1. The maximum absolute atomic E-state index is 12.9. The number of fused-ring (bicyclic) bond motifs is 1. The molecule has 0 bridgehead atoms. The number of benzene rings is 2. The maximum Gasteiger partial charge on any atom is 0.273 e. The molecule has 0 spiro atoms. The van der Waals surface area contributed by atoms with Crippen LogP contribution in [-0.4, -0.2) is 49.8 Å². The van der Waals surface area contributed by atoms with Crippen molar-refractivity contribution >= 4 is 27.3 Å². The van der Waals surface area contributed by atoms with Crippen LogP contribution in [0, 0.1) is 10.1 Å². The fourth-order valence-electron chi connectivity index (χ4n) is 3.96. The molecule has 0 radical (unpaired) electrons. The molecule has 0 aliphatic carbocycles. The number of hydrogen-bond donors (Lipinski definition) is 0. The second-order valence-corrected chi connectivity index (χ2v) is 9.53. The molecular weight excluding hydrogens is 422 g/mol. The Balaban J connectivity index is 1.45. The van der Waals surface area contributed by atoms with Crippen molar-refractivity contribution in [3.63, 3.8) is 0 Å². The van der Waals surface area contributed by atoms with E-state index >= 15 is 0 Å². The number of non-ortho nitro benzene ring substituents is 1. The van der Waals surface area contributed by atoms with Crippen molar-refractivity contribution in [2.24, 2.45) is 0 Å². The lowest BCUT2D eigenvalue weighted by Crippen LogP contribution is -2.35. The van der Waals surface area contributed by atoms with E-state index in [-0.39, 0.29) is 28.8 Å². The Labute approximate surface area is 180 Å². The molecule has 9 nitrogen and oxygen atoms in total. The summed E-state index contributed by atoms with van der Waals surface area (Å²) < 4.78 is 32.8. The molecule has 0 aromatic heterocycles. The molecule has 0 saturated carbocycles. The van der Waals surface area contributed by atoms with Gasteiger partial charge in [-0.1, -0.05) is 12.5 Å². The third kappa shape index (κ3) is 4.40. The number of rotatable bonds is 6. The summed E-state index contributed by atoms with van der Waals surface area (Å²) in [6.45, 7) is 1.24. The van der Waals surface area contributed by atoms with Crippen molar-refractivity contribution in [3.8, 4) is 5.75 Å². The minimum atomic E-state index is -3.53. The molecule has 1 amide bonds. The molecule has 2 aromatic rings. The van der Waals surface area contributed by atoms with Gasteiger partial charge in [-0.3, -0.25) is 14.9 Å². The van der Waals surface area contributed by atoms with Gasteiger partial charge < -0.3 is 9.64 Å². The number of nitro benzene ring substituents is 1. The third-order valence-corrected chi connectivity index (χ3v) is 7.49. The molecule has 4 rings (SSSR count). The predicted octanol–water partition coefficient (Wildman–Crippen LogP) is 2.74. The average Bonchev–Trinajstić information content (AvgIpc) is 3.21. The molecule has 164 valence electrons. The average molecular weight is 445 g/mol. The number of ether oxygens (including phenoxy) is 1. The normalized spacial score (nSPS) is 16.7. The first-order valence-corrected chi connectivity index (χ1v) is 11.6. The van der Waals surface area contributed by atoms with Gasteiger partial charge in [-0.05, 0) is 49.1 Å². The highest BCUT2D eigenvalue weighted by Crippen LogP contribution is 2.32. The van der Waals surface area contributed by atoms with Gasteiger partial charge >= 0.3 is 0 Å². The lowest BCUT2D eigenvalue weighted by atomic mass is 10.2. The number of amides is 1. The summed E-state index contributed by atoms with van der Waals surface area (Å²) in [4.78, 5) is 24.8. The highest BCUT2D eigenvalue weighted by molar-refractivity contribution is 7.89. The van der Waals surface area contributed by atoms with Crippen LogP contribution in [0.15, 0.2) is 47.4 Å². The molecule has 0 atom stereocenters. The van der Waals surface area contributed by atoms with E-state index in [4.69, 9.17) is 4.74 Å². The molecule has 10 heteroatoms. The molecule has 1 saturated heterocycles. The van der Waals surface area contributed by atoms with Crippen LogP contribution >= 0.6 is 0 Å². The Bertz CT molecular complexity index is 1110. The summed E-state index contributed by atoms with van der Waals surface area (Å²) in [5.74, 6) is -0.0539. The van der Waals surface area contributed by atoms with Crippen LogP contribution < -0.4 is 9.64 Å². The molecular formula is C21H23N3O6S. The minimum Gasteiger partial charge on any atom is -0.483 e. The van der Waals surface area contributed by atoms with Gasteiger partial charge in [0.2, 0.25) is 10.0 Å². The number of nitro groups is 1. The first-order chi connectivity index (χ1) is 14.9. The van der Waals surface area contributed by atoms with E-state index < -0.39 is 14.9 Å². The summed E-state index contributed by atoms with van der Waals surface area (Å²) >= 11 is 0. The van der Waals surface area contributed by atoms with E-state index in [1.807, 2.05) is 0 Å².